The molecule has 2 aromatic heterocycles. The molecule has 0 N–H and O–H groups in total. The number of ether oxygens (including phenoxy) is 1. The summed E-state index contributed by atoms with van der Waals surface area (Å²) in [6.45, 7) is 0.356. The highest BCUT2D eigenvalue weighted by molar-refractivity contribution is 6.00. The zero-order valence-corrected chi connectivity index (χ0v) is 20.7. The molecule has 0 bridgehead atoms. The number of amides is 1. The van der Waals surface area contributed by atoms with Gasteiger partial charge in [0.15, 0.2) is 5.78 Å². The first-order valence-corrected chi connectivity index (χ1v) is 12.2. The van der Waals surface area contributed by atoms with E-state index in [1.807, 2.05) is 60.7 Å². The normalized spacial score (nSPS) is 12.7. The van der Waals surface area contributed by atoms with Gasteiger partial charge in [0.2, 0.25) is 0 Å². The van der Waals surface area contributed by atoms with E-state index in [9.17, 15) is 14.4 Å². The molecule has 5 aromatic rings. The van der Waals surface area contributed by atoms with E-state index >= 15 is 0 Å². The van der Waals surface area contributed by atoms with Gasteiger partial charge in [0, 0.05) is 23.7 Å². The van der Waals surface area contributed by atoms with Crippen molar-refractivity contribution in [1.29, 1.82) is 0 Å². The van der Waals surface area contributed by atoms with Gasteiger partial charge in [0.1, 0.15) is 17.1 Å². The number of ketones is 1. The van der Waals surface area contributed by atoms with Crippen LogP contribution < -0.4 is 10.3 Å². The summed E-state index contributed by atoms with van der Waals surface area (Å²) in [5.41, 5.74) is 3.48. The molecule has 0 fully saturated rings. The Labute approximate surface area is 218 Å². The Morgan fingerprint density at radius 3 is 2.29 bits per heavy atom. The fourth-order valence-corrected chi connectivity index (χ4v) is 4.87. The van der Waals surface area contributed by atoms with Crippen molar-refractivity contribution in [2.24, 2.45) is 0 Å². The molecule has 6 rings (SSSR count). The molecule has 8 nitrogen and oxygen atoms in total. The minimum absolute atomic E-state index is 0.0990. The molecular weight excluding hydrogens is 480 g/mol. The monoisotopic (exact) mass is 504 g/mol. The lowest BCUT2D eigenvalue weighted by Gasteiger charge is -2.16. The van der Waals surface area contributed by atoms with Crippen molar-refractivity contribution in [3.63, 3.8) is 0 Å². The van der Waals surface area contributed by atoms with E-state index in [1.165, 1.54) is 4.52 Å². The van der Waals surface area contributed by atoms with Crippen LogP contribution in [0.4, 0.5) is 0 Å². The van der Waals surface area contributed by atoms with Gasteiger partial charge < -0.3 is 14.2 Å². The first kappa shape index (κ1) is 23.4. The van der Waals surface area contributed by atoms with Crippen molar-refractivity contribution in [2.75, 3.05) is 7.11 Å². The lowest BCUT2D eigenvalue weighted by atomic mass is 10.1. The van der Waals surface area contributed by atoms with Crippen molar-refractivity contribution in [3.8, 4) is 17.0 Å². The smallest absolute Gasteiger partial charge is 0.280 e. The molecule has 0 radical (unpaired) electrons. The van der Waals surface area contributed by atoms with E-state index in [0.717, 1.165) is 16.9 Å². The first-order valence-electron chi connectivity index (χ1n) is 12.2. The summed E-state index contributed by atoms with van der Waals surface area (Å²) in [5, 5.41) is 4.58. The first-order chi connectivity index (χ1) is 18.5. The SMILES string of the molecule is COc1ccc(CN2Cc3c(n(CC(=O)c4ccccc4)c4cc(-c5ccccc5)nn4c3=O)C2=O)cc1. The third kappa shape index (κ3) is 4.06. The van der Waals surface area contributed by atoms with Gasteiger partial charge in [-0.05, 0) is 17.7 Å². The Kier molecular flexibility index (Phi) is 5.84. The van der Waals surface area contributed by atoms with Crippen LogP contribution in [0.3, 0.4) is 0 Å². The molecule has 38 heavy (non-hydrogen) atoms. The summed E-state index contributed by atoms with van der Waals surface area (Å²) < 4.78 is 8.18. The van der Waals surface area contributed by atoms with Crippen LogP contribution >= 0.6 is 0 Å². The third-order valence-electron chi connectivity index (χ3n) is 6.81. The number of fused-ring (bicyclic) bond motifs is 2. The van der Waals surface area contributed by atoms with Gasteiger partial charge in [0.25, 0.3) is 11.5 Å². The van der Waals surface area contributed by atoms with Crippen LogP contribution in [0.15, 0.2) is 95.8 Å². The van der Waals surface area contributed by atoms with E-state index in [1.54, 1.807) is 46.9 Å². The second kappa shape index (κ2) is 9.48. The largest absolute Gasteiger partial charge is 0.497 e. The van der Waals surface area contributed by atoms with Gasteiger partial charge in [-0.25, -0.2) is 0 Å². The van der Waals surface area contributed by atoms with Crippen LogP contribution in [0.1, 0.15) is 32.0 Å². The molecule has 0 saturated carbocycles. The molecule has 8 heteroatoms. The quantitative estimate of drug-likeness (QED) is 0.310. The highest BCUT2D eigenvalue weighted by Crippen LogP contribution is 2.27. The van der Waals surface area contributed by atoms with E-state index < -0.39 is 0 Å². The number of carbonyl (C=O) groups is 2. The van der Waals surface area contributed by atoms with Crippen molar-refractivity contribution < 1.29 is 14.3 Å². The Bertz CT molecular complexity index is 1720. The standard InChI is InChI=1S/C30H24N4O4/c1-38-23-14-12-20(13-15-23)17-32-18-24-28(30(32)37)33(19-26(35)22-10-6-3-7-11-22)27-16-25(31-34(27)29(24)36)21-8-4-2-5-9-21/h2-16H,17-19H2,1H3. The van der Waals surface area contributed by atoms with Crippen LogP contribution in [0.2, 0.25) is 0 Å². The number of methoxy groups -OCH3 is 1. The summed E-state index contributed by atoms with van der Waals surface area (Å²) in [5.74, 6) is 0.264. The molecule has 188 valence electrons. The predicted octanol–water partition coefficient (Wildman–Crippen LogP) is 4.21. The molecule has 1 amide bonds. The number of benzene rings is 3. The lowest BCUT2D eigenvalue weighted by molar-refractivity contribution is 0.0758. The predicted molar refractivity (Wildman–Crippen MR) is 142 cm³/mol. The van der Waals surface area contributed by atoms with Crippen LogP contribution in [-0.2, 0) is 19.6 Å². The molecule has 3 heterocycles. The van der Waals surface area contributed by atoms with Crippen molar-refractivity contribution in [3.05, 3.63) is 124 Å². The summed E-state index contributed by atoms with van der Waals surface area (Å²) in [6, 6.07) is 27.6. The molecule has 0 unspecified atom stereocenters. The second-order valence-electron chi connectivity index (χ2n) is 9.18. The van der Waals surface area contributed by atoms with E-state index in [-0.39, 0.29) is 36.0 Å². The third-order valence-corrected chi connectivity index (χ3v) is 6.81. The van der Waals surface area contributed by atoms with Gasteiger partial charge in [0.05, 0.1) is 31.5 Å². The van der Waals surface area contributed by atoms with Gasteiger partial charge >= 0.3 is 0 Å². The van der Waals surface area contributed by atoms with Crippen molar-refractivity contribution in [1.82, 2.24) is 19.1 Å². The van der Waals surface area contributed by atoms with E-state index in [2.05, 4.69) is 5.10 Å². The van der Waals surface area contributed by atoms with E-state index in [4.69, 9.17) is 4.74 Å². The molecular formula is C30H24N4O4. The van der Waals surface area contributed by atoms with Gasteiger partial charge in [-0.1, -0.05) is 72.8 Å². The molecule has 0 saturated heterocycles. The Balaban J connectivity index is 1.46. The zero-order valence-electron chi connectivity index (χ0n) is 20.7. The number of rotatable bonds is 7. The maximum absolute atomic E-state index is 13.7. The Hall–Kier alpha value is -4.98. The summed E-state index contributed by atoms with van der Waals surface area (Å²) in [7, 11) is 1.60. The zero-order chi connectivity index (χ0) is 26.2. The number of Topliss-reactive ketones (excluding diaryl/α,β-unsaturated/α-hetero) is 1. The van der Waals surface area contributed by atoms with Crippen LogP contribution in [0, 0.1) is 0 Å². The minimum Gasteiger partial charge on any atom is -0.497 e. The maximum atomic E-state index is 13.7. The van der Waals surface area contributed by atoms with Crippen LogP contribution in [0.25, 0.3) is 16.9 Å². The Morgan fingerprint density at radius 1 is 0.921 bits per heavy atom. The van der Waals surface area contributed by atoms with Crippen LogP contribution in [0.5, 0.6) is 5.75 Å². The lowest BCUT2D eigenvalue weighted by Crippen LogP contribution is -2.28. The van der Waals surface area contributed by atoms with Gasteiger partial charge in [-0.15, -0.1) is 0 Å². The number of aromatic nitrogens is 3. The summed E-state index contributed by atoms with van der Waals surface area (Å²) in [4.78, 5) is 42.3. The fraction of sp³-hybridized carbons (Fsp3) is 0.133. The number of hydrogen-bond acceptors (Lipinski definition) is 5. The summed E-state index contributed by atoms with van der Waals surface area (Å²) >= 11 is 0. The number of nitrogens with zero attached hydrogens (tertiary/aromatic N) is 4. The molecule has 0 atom stereocenters. The van der Waals surface area contributed by atoms with Gasteiger partial charge in [-0.2, -0.15) is 9.61 Å². The second-order valence-corrected chi connectivity index (χ2v) is 9.18. The highest BCUT2D eigenvalue weighted by Gasteiger charge is 2.35. The number of hydrogen-bond donors (Lipinski definition) is 0. The molecule has 0 spiro atoms. The molecule has 0 aliphatic carbocycles. The summed E-state index contributed by atoms with van der Waals surface area (Å²) in [6.07, 6.45) is 0. The van der Waals surface area contributed by atoms with Gasteiger partial charge in [-0.3, -0.25) is 14.4 Å². The molecule has 1 aliphatic heterocycles. The van der Waals surface area contributed by atoms with Crippen molar-refractivity contribution >= 4 is 17.3 Å². The maximum Gasteiger partial charge on any atom is 0.280 e. The average Bonchev–Trinajstić information content (AvgIpc) is 3.55. The minimum atomic E-state index is -0.355. The molecule has 3 aromatic carbocycles. The number of carbonyl (C=O) groups excluding carboxylic acids is 2. The Morgan fingerprint density at radius 2 is 1.61 bits per heavy atom. The topological polar surface area (TPSA) is 85.9 Å². The van der Waals surface area contributed by atoms with E-state index in [0.29, 0.717) is 29.0 Å². The highest BCUT2D eigenvalue weighted by atomic mass is 16.5. The fourth-order valence-electron chi connectivity index (χ4n) is 4.87. The van der Waals surface area contributed by atoms with Crippen LogP contribution in [-0.4, -0.2) is 37.9 Å². The van der Waals surface area contributed by atoms with Crippen molar-refractivity contribution in [2.45, 2.75) is 19.6 Å². The molecule has 1 aliphatic rings. The average molecular weight is 505 g/mol.